The highest BCUT2D eigenvalue weighted by atomic mass is 79.9. The van der Waals surface area contributed by atoms with Crippen molar-refractivity contribution < 1.29 is 0 Å². The topological polar surface area (TPSA) is 12.0 Å². The predicted molar refractivity (Wildman–Crippen MR) is 32.6 cm³/mol. The third kappa shape index (κ3) is 0.470. The molecule has 40 valence electrons. The van der Waals surface area contributed by atoms with Crippen LogP contribution in [0.2, 0.25) is 0 Å². The van der Waals surface area contributed by atoms with Gasteiger partial charge in [-0.05, 0) is 24.9 Å². The van der Waals surface area contributed by atoms with Gasteiger partial charge in [0.2, 0.25) is 0 Å². The van der Waals surface area contributed by atoms with Gasteiger partial charge in [-0.1, -0.05) is 15.9 Å². The molecular formula is C5H8BrN. The maximum atomic E-state index is 3.59. The second-order valence-electron chi connectivity index (χ2n) is 2.43. The van der Waals surface area contributed by atoms with E-state index in [1.165, 1.54) is 13.1 Å². The minimum Gasteiger partial charge on any atom is -0.316 e. The first kappa shape index (κ1) is 4.33. The molecule has 7 heavy (non-hydrogen) atoms. The summed E-state index contributed by atoms with van der Waals surface area (Å²) in [6.45, 7) is 2.50. The summed E-state index contributed by atoms with van der Waals surface area (Å²) in [5.74, 6) is 1.97. The highest BCUT2D eigenvalue weighted by Crippen LogP contribution is 2.47. The fraction of sp³-hybridized carbons (Fsp3) is 1.00. The Balaban J connectivity index is 2.06. The van der Waals surface area contributed by atoms with E-state index in [0.29, 0.717) is 0 Å². The molecule has 2 atom stereocenters. The van der Waals surface area contributed by atoms with Crippen LogP contribution in [0.4, 0.5) is 0 Å². The molecule has 0 amide bonds. The molecule has 0 aromatic rings. The minimum absolute atomic E-state index is 0.869. The van der Waals surface area contributed by atoms with Crippen LogP contribution in [0.5, 0.6) is 0 Å². The Bertz CT molecular complexity index is 84.1. The van der Waals surface area contributed by atoms with Crippen LogP contribution in [0.1, 0.15) is 0 Å². The molecule has 0 spiro atoms. The fourth-order valence-corrected chi connectivity index (χ4v) is 2.32. The number of nitrogens with one attached hydrogen (secondary N) is 1. The molecular weight excluding hydrogens is 154 g/mol. The number of rotatable bonds is 0. The maximum absolute atomic E-state index is 3.59. The van der Waals surface area contributed by atoms with Gasteiger partial charge in [-0.15, -0.1) is 0 Å². The molecule has 2 aliphatic rings. The lowest BCUT2D eigenvalue weighted by molar-refractivity contribution is 0.741. The summed E-state index contributed by atoms with van der Waals surface area (Å²) in [7, 11) is 0. The molecule has 1 saturated carbocycles. The van der Waals surface area contributed by atoms with E-state index in [4.69, 9.17) is 0 Å². The van der Waals surface area contributed by atoms with Crippen LogP contribution in [-0.2, 0) is 0 Å². The monoisotopic (exact) mass is 161 g/mol. The Morgan fingerprint density at radius 1 is 1.29 bits per heavy atom. The average molecular weight is 162 g/mol. The lowest BCUT2D eigenvalue weighted by Crippen LogP contribution is -2.14. The molecule has 1 heterocycles. The number of hydrogen-bond acceptors (Lipinski definition) is 1. The van der Waals surface area contributed by atoms with Gasteiger partial charge in [0, 0.05) is 4.83 Å². The maximum Gasteiger partial charge on any atom is 0.0233 e. The number of halogens is 1. The first-order valence-corrected chi connectivity index (χ1v) is 3.66. The van der Waals surface area contributed by atoms with Crippen molar-refractivity contribution in [2.45, 2.75) is 4.83 Å². The molecule has 1 N–H and O–H groups in total. The summed E-state index contributed by atoms with van der Waals surface area (Å²) in [6, 6.07) is 0. The van der Waals surface area contributed by atoms with Gasteiger partial charge in [-0.2, -0.15) is 0 Å². The normalized spacial score (nSPS) is 57.0. The van der Waals surface area contributed by atoms with Gasteiger partial charge in [0.1, 0.15) is 0 Å². The van der Waals surface area contributed by atoms with Crippen molar-refractivity contribution in [2.75, 3.05) is 13.1 Å². The van der Waals surface area contributed by atoms with Gasteiger partial charge in [-0.3, -0.25) is 0 Å². The summed E-state index contributed by atoms with van der Waals surface area (Å²) >= 11 is 3.59. The highest BCUT2D eigenvalue weighted by Gasteiger charge is 2.50. The van der Waals surface area contributed by atoms with E-state index in [2.05, 4.69) is 21.2 Å². The molecule has 0 aromatic heterocycles. The fourth-order valence-electron chi connectivity index (χ4n) is 1.34. The number of hydrogen-bond donors (Lipinski definition) is 1. The van der Waals surface area contributed by atoms with Crippen LogP contribution in [0.3, 0.4) is 0 Å². The molecule has 2 heteroatoms. The van der Waals surface area contributed by atoms with E-state index in [1.54, 1.807) is 0 Å². The Morgan fingerprint density at radius 3 is 2.14 bits per heavy atom. The van der Waals surface area contributed by atoms with Crippen LogP contribution < -0.4 is 5.32 Å². The van der Waals surface area contributed by atoms with E-state index >= 15 is 0 Å². The van der Waals surface area contributed by atoms with E-state index in [1.807, 2.05) is 0 Å². The average Bonchev–Trinajstić information content (AvgIpc) is 2.26. The molecule has 0 aromatic carbocycles. The van der Waals surface area contributed by atoms with Crippen molar-refractivity contribution in [3.8, 4) is 0 Å². The third-order valence-corrected chi connectivity index (χ3v) is 3.35. The van der Waals surface area contributed by atoms with Crippen LogP contribution in [0.15, 0.2) is 0 Å². The molecule has 0 bridgehead atoms. The molecule has 2 fully saturated rings. The van der Waals surface area contributed by atoms with Crippen molar-refractivity contribution in [2.24, 2.45) is 11.8 Å². The van der Waals surface area contributed by atoms with Crippen LogP contribution in [0, 0.1) is 11.8 Å². The first-order chi connectivity index (χ1) is 3.39. The smallest absolute Gasteiger partial charge is 0.0233 e. The zero-order chi connectivity index (χ0) is 4.85. The van der Waals surface area contributed by atoms with Crippen LogP contribution in [0.25, 0.3) is 0 Å². The van der Waals surface area contributed by atoms with Crippen molar-refractivity contribution >= 4 is 15.9 Å². The Labute approximate surface area is 51.6 Å². The van der Waals surface area contributed by atoms with Crippen LogP contribution >= 0.6 is 15.9 Å². The van der Waals surface area contributed by atoms with E-state index < -0.39 is 0 Å². The quantitative estimate of drug-likeness (QED) is 0.514. The van der Waals surface area contributed by atoms with Gasteiger partial charge < -0.3 is 5.32 Å². The molecule has 2 rings (SSSR count). The summed E-state index contributed by atoms with van der Waals surface area (Å²) in [6.07, 6.45) is 0. The van der Waals surface area contributed by atoms with E-state index in [9.17, 15) is 0 Å². The van der Waals surface area contributed by atoms with E-state index in [-0.39, 0.29) is 0 Å². The van der Waals surface area contributed by atoms with Crippen molar-refractivity contribution in [1.82, 2.24) is 5.32 Å². The third-order valence-electron chi connectivity index (χ3n) is 1.99. The minimum atomic E-state index is 0.869. The molecule has 0 radical (unpaired) electrons. The number of fused-ring (bicyclic) bond motifs is 1. The van der Waals surface area contributed by atoms with Gasteiger partial charge in [0.05, 0.1) is 0 Å². The largest absolute Gasteiger partial charge is 0.316 e. The van der Waals surface area contributed by atoms with Gasteiger partial charge in [0.15, 0.2) is 0 Å². The first-order valence-electron chi connectivity index (χ1n) is 2.74. The van der Waals surface area contributed by atoms with Gasteiger partial charge in [0.25, 0.3) is 0 Å². The molecule has 0 unspecified atom stereocenters. The van der Waals surface area contributed by atoms with Crippen molar-refractivity contribution in [3.05, 3.63) is 0 Å². The van der Waals surface area contributed by atoms with Gasteiger partial charge >= 0.3 is 0 Å². The second-order valence-corrected chi connectivity index (χ2v) is 3.49. The summed E-state index contributed by atoms with van der Waals surface area (Å²) < 4.78 is 0. The summed E-state index contributed by atoms with van der Waals surface area (Å²) in [4.78, 5) is 0.869. The molecule has 1 aliphatic carbocycles. The SMILES string of the molecule is BrC1[C@@H]2CNC[C@@H]12. The second kappa shape index (κ2) is 1.23. The molecule has 1 saturated heterocycles. The van der Waals surface area contributed by atoms with Crippen LogP contribution in [-0.4, -0.2) is 17.9 Å². The number of alkyl halides is 1. The Morgan fingerprint density at radius 2 is 1.86 bits per heavy atom. The summed E-state index contributed by atoms with van der Waals surface area (Å²) in [5, 5.41) is 3.32. The van der Waals surface area contributed by atoms with E-state index in [0.717, 1.165) is 16.7 Å². The lowest BCUT2D eigenvalue weighted by atomic mass is 10.4. The Kier molecular flexibility index (Phi) is 0.762. The van der Waals surface area contributed by atoms with Gasteiger partial charge in [-0.25, -0.2) is 0 Å². The lowest BCUT2D eigenvalue weighted by Gasteiger charge is -1.92. The zero-order valence-electron chi connectivity index (χ0n) is 4.02. The van der Waals surface area contributed by atoms with Crippen molar-refractivity contribution in [1.29, 1.82) is 0 Å². The molecule has 1 aliphatic heterocycles. The molecule has 1 nitrogen and oxygen atoms in total. The zero-order valence-corrected chi connectivity index (χ0v) is 5.61. The Hall–Kier alpha value is 0.440. The predicted octanol–water partition coefficient (Wildman–Crippen LogP) is 0.599. The highest BCUT2D eigenvalue weighted by molar-refractivity contribution is 9.09. The number of piperidine rings is 1. The standard InChI is InChI=1S/C5H8BrN/c6-5-3-1-7-2-4(3)5/h3-5,7H,1-2H2/t3-,4-/m1/s1. The van der Waals surface area contributed by atoms with Crippen molar-refractivity contribution in [3.63, 3.8) is 0 Å². The summed E-state index contributed by atoms with van der Waals surface area (Å²) in [5.41, 5.74) is 0.